The first-order chi connectivity index (χ1) is 13.2. The highest BCUT2D eigenvalue weighted by molar-refractivity contribution is 5.89. The van der Waals surface area contributed by atoms with Crippen molar-refractivity contribution in [1.82, 2.24) is 5.32 Å². The molecule has 0 aliphatic carbocycles. The number of rotatable bonds is 8. The molecule has 0 unspecified atom stereocenters. The molecule has 1 N–H and O–H groups in total. The maximum Gasteiger partial charge on any atom is 0.261 e. The zero-order chi connectivity index (χ0) is 19.1. The average Bonchev–Trinajstić information content (AvgIpc) is 2.72. The van der Waals surface area contributed by atoms with Gasteiger partial charge in [0.2, 0.25) is 0 Å². The molecule has 0 bridgehead atoms. The van der Waals surface area contributed by atoms with E-state index in [0.29, 0.717) is 13.0 Å². The lowest BCUT2D eigenvalue weighted by molar-refractivity contribution is -0.128. The predicted molar refractivity (Wildman–Crippen MR) is 111 cm³/mol. The third-order valence-electron chi connectivity index (χ3n) is 4.63. The summed E-state index contributed by atoms with van der Waals surface area (Å²) in [6, 6.07) is 24.1. The summed E-state index contributed by atoms with van der Waals surface area (Å²) in [5.41, 5.74) is 1.13. The number of fused-ring (bicyclic) bond motifs is 1. The highest BCUT2D eigenvalue weighted by Crippen LogP contribution is 2.26. The predicted octanol–water partition coefficient (Wildman–Crippen LogP) is 4.25. The van der Waals surface area contributed by atoms with E-state index in [-0.39, 0.29) is 5.91 Å². The molecule has 140 valence electrons. The van der Waals surface area contributed by atoms with Crippen LogP contribution in [0.3, 0.4) is 0 Å². The fraction of sp³-hybridized carbons (Fsp3) is 0.261. The van der Waals surface area contributed by atoms with Crippen LogP contribution in [0.2, 0.25) is 0 Å². The third kappa shape index (κ3) is 4.79. The van der Waals surface area contributed by atoms with Gasteiger partial charge < -0.3 is 15.0 Å². The van der Waals surface area contributed by atoms with Gasteiger partial charge in [0.1, 0.15) is 5.75 Å². The molecule has 27 heavy (non-hydrogen) atoms. The summed E-state index contributed by atoms with van der Waals surface area (Å²) in [5, 5.41) is 5.13. The molecule has 3 aromatic carbocycles. The summed E-state index contributed by atoms with van der Waals surface area (Å²) in [6.07, 6.45) is 0.113. The van der Waals surface area contributed by atoms with Gasteiger partial charge in [0.05, 0.1) is 0 Å². The molecule has 0 fully saturated rings. The van der Waals surface area contributed by atoms with Crippen molar-refractivity contribution in [3.63, 3.8) is 0 Å². The molecule has 3 aromatic rings. The summed E-state index contributed by atoms with van der Waals surface area (Å²) in [4.78, 5) is 14.7. The van der Waals surface area contributed by atoms with E-state index in [9.17, 15) is 4.79 Å². The Hall–Kier alpha value is -3.01. The first kappa shape index (κ1) is 18.8. The smallest absolute Gasteiger partial charge is 0.261 e. The molecule has 1 atom stereocenters. The molecule has 0 spiro atoms. The highest BCUT2D eigenvalue weighted by atomic mass is 16.5. The van der Waals surface area contributed by atoms with Crippen molar-refractivity contribution in [2.24, 2.45) is 0 Å². The molecule has 4 heteroatoms. The number of amides is 1. The van der Waals surface area contributed by atoms with Crippen molar-refractivity contribution < 1.29 is 9.53 Å². The first-order valence-corrected chi connectivity index (χ1v) is 9.37. The number of nitrogens with zero attached hydrogens (tertiary/aromatic N) is 1. The summed E-state index contributed by atoms with van der Waals surface area (Å²) >= 11 is 0. The van der Waals surface area contributed by atoms with Crippen LogP contribution in [0.5, 0.6) is 5.75 Å². The number of carbonyl (C=O) groups is 1. The van der Waals surface area contributed by atoms with Crippen molar-refractivity contribution >= 4 is 22.4 Å². The maximum atomic E-state index is 12.6. The average molecular weight is 362 g/mol. The van der Waals surface area contributed by atoms with Gasteiger partial charge in [-0.2, -0.15) is 0 Å². The first-order valence-electron chi connectivity index (χ1n) is 9.37. The van der Waals surface area contributed by atoms with Gasteiger partial charge in [0.15, 0.2) is 6.10 Å². The Morgan fingerprint density at radius 3 is 2.48 bits per heavy atom. The van der Waals surface area contributed by atoms with E-state index in [2.05, 4.69) is 22.3 Å². The second-order valence-corrected chi connectivity index (χ2v) is 6.54. The molecule has 4 nitrogen and oxygen atoms in total. The Morgan fingerprint density at radius 1 is 1.00 bits per heavy atom. The monoisotopic (exact) mass is 362 g/mol. The van der Waals surface area contributed by atoms with E-state index >= 15 is 0 Å². The van der Waals surface area contributed by atoms with Crippen LogP contribution in [0, 0.1) is 0 Å². The summed E-state index contributed by atoms with van der Waals surface area (Å²) in [6.45, 7) is 3.27. The molecule has 0 radical (unpaired) electrons. The molecular formula is C23H26N2O2. The van der Waals surface area contributed by atoms with Crippen LogP contribution in [0.1, 0.15) is 13.3 Å². The van der Waals surface area contributed by atoms with E-state index < -0.39 is 6.10 Å². The van der Waals surface area contributed by atoms with Crippen LogP contribution >= 0.6 is 0 Å². The minimum Gasteiger partial charge on any atom is -0.480 e. The van der Waals surface area contributed by atoms with E-state index in [0.717, 1.165) is 28.8 Å². The quantitative estimate of drug-likeness (QED) is 0.651. The number of para-hydroxylation sites is 1. The van der Waals surface area contributed by atoms with Crippen LogP contribution in [-0.2, 0) is 4.79 Å². The van der Waals surface area contributed by atoms with E-state index in [4.69, 9.17) is 4.74 Å². The van der Waals surface area contributed by atoms with E-state index in [1.54, 1.807) is 0 Å². The van der Waals surface area contributed by atoms with Crippen LogP contribution in [-0.4, -0.2) is 32.1 Å². The van der Waals surface area contributed by atoms with Crippen molar-refractivity contribution in [2.75, 3.05) is 25.0 Å². The second-order valence-electron chi connectivity index (χ2n) is 6.54. The van der Waals surface area contributed by atoms with E-state index in [1.165, 1.54) is 0 Å². The zero-order valence-electron chi connectivity index (χ0n) is 15.9. The topological polar surface area (TPSA) is 41.6 Å². The Balaban J connectivity index is 1.58. The Bertz CT molecular complexity index is 874. The minimum atomic E-state index is -0.502. The largest absolute Gasteiger partial charge is 0.480 e. The zero-order valence-corrected chi connectivity index (χ0v) is 15.9. The number of likely N-dealkylation sites (N-methyl/N-ethyl adjacent to an activating group) is 1. The van der Waals surface area contributed by atoms with Gasteiger partial charge in [-0.25, -0.2) is 0 Å². The fourth-order valence-corrected chi connectivity index (χ4v) is 3.05. The number of anilines is 1. The molecule has 0 heterocycles. The Labute approximate surface area is 160 Å². The number of benzene rings is 3. The Kier molecular flexibility index (Phi) is 6.31. The molecule has 0 aliphatic rings. The lowest BCUT2D eigenvalue weighted by Gasteiger charge is -2.21. The minimum absolute atomic E-state index is 0.0769. The lowest BCUT2D eigenvalue weighted by atomic mass is 10.1. The number of nitrogens with one attached hydrogen (secondary N) is 1. The van der Waals surface area contributed by atoms with Gasteiger partial charge in [-0.1, -0.05) is 61.5 Å². The molecule has 0 saturated heterocycles. The SMILES string of the molecule is CC[C@@H](Oc1cccc2ccccc12)C(=O)NCCN(C)c1ccccc1. The van der Waals surface area contributed by atoms with E-state index in [1.807, 2.05) is 74.6 Å². The van der Waals surface area contributed by atoms with Crippen LogP contribution in [0.25, 0.3) is 10.8 Å². The molecule has 3 rings (SSSR count). The van der Waals surface area contributed by atoms with Crippen molar-refractivity contribution in [2.45, 2.75) is 19.4 Å². The second kappa shape index (κ2) is 9.08. The maximum absolute atomic E-state index is 12.6. The van der Waals surface area contributed by atoms with Crippen LogP contribution in [0.4, 0.5) is 5.69 Å². The molecular weight excluding hydrogens is 336 g/mol. The molecule has 0 saturated carbocycles. The lowest BCUT2D eigenvalue weighted by Crippen LogP contribution is -2.41. The van der Waals surface area contributed by atoms with Crippen molar-refractivity contribution in [1.29, 1.82) is 0 Å². The standard InChI is InChI=1S/C23H26N2O2/c1-3-21(27-22-15-9-11-18-10-7-8-14-20(18)22)23(26)24-16-17-25(2)19-12-5-4-6-13-19/h4-15,21H,3,16-17H2,1-2H3,(H,24,26)/t21-/m1/s1. The Morgan fingerprint density at radius 2 is 1.70 bits per heavy atom. The summed E-state index contributed by atoms with van der Waals surface area (Å²) < 4.78 is 6.06. The van der Waals surface area contributed by atoms with Gasteiger partial charge in [-0.05, 0) is 30.0 Å². The van der Waals surface area contributed by atoms with Crippen molar-refractivity contribution in [3.8, 4) is 5.75 Å². The van der Waals surface area contributed by atoms with Gasteiger partial charge in [0, 0.05) is 31.2 Å². The number of ether oxygens (including phenoxy) is 1. The summed E-state index contributed by atoms with van der Waals surface area (Å²) in [7, 11) is 2.02. The van der Waals surface area contributed by atoms with Crippen LogP contribution in [0.15, 0.2) is 72.8 Å². The molecule has 1 amide bonds. The number of carbonyl (C=O) groups excluding carboxylic acids is 1. The highest BCUT2D eigenvalue weighted by Gasteiger charge is 2.19. The van der Waals surface area contributed by atoms with Gasteiger partial charge in [-0.15, -0.1) is 0 Å². The normalized spacial score (nSPS) is 11.8. The van der Waals surface area contributed by atoms with Crippen molar-refractivity contribution in [3.05, 3.63) is 72.8 Å². The van der Waals surface area contributed by atoms with Gasteiger partial charge in [0.25, 0.3) is 5.91 Å². The number of hydrogen-bond acceptors (Lipinski definition) is 3. The van der Waals surface area contributed by atoms with Gasteiger partial charge in [-0.3, -0.25) is 4.79 Å². The molecule has 0 aliphatic heterocycles. The third-order valence-corrected chi connectivity index (χ3v) is 4.63. The number of hydrogen-bond donors (Lipinski definition) is 1. The van der Waals surface area contributed by atoms with Gasteiger partial charge >= 0.3 is 0 Å². The summed E-state index contributed by atoms with van der Waals surface area (Å²) in [5.74, 6) is 0.670. The fourth-order valence-electron chi connectivity index (χ4n) is 3.05. The van der Waals surface area contributed by atoms with Crippen LogP contribution < -0.4 is 15.0 Å². The molecule has 0 aromatic heterocycles.